The molecule has 680 valence electrons. The Morgan fingerprint density at radius 3 is 1.24 bits per heavy atom. The van der Waals surface area contributed by atoms with Gasteiger partial charge in [-0.25, -0.2) is 4.39 Å². The van der Waals surface area contributed by atoms with E-state index in [2.05, 4.69) is 17.2 Å². The summed E-state index contributed by atoms with van der Waals surface area (Å²) in [6, 6.07) is 24.5. The fraction of sp³-hybridized carbons (Fsp3) is 0.607. The van der Waals surface area contributed by atoms with E-state index >= 15 is 0 Å². The van der Waals surface area contributed by atoms with Crippen LogP contribution in [-0.4, -0.2) is 167 Å². The van der Waals surface area contributed by atoms with E-state index in [0.717, 1.165) is 102 Å². The first kappa shape index (κ1) is 110. The summed E-state index contributed by atoms with van der Waals surface area (Å²) in [4.78, 5) is 86.7. The van der Waals surface area contributed by atoms with Gasteiger partial charge < -0.3 is 112 Å². The zero-order valence-corrected chi connectivity index (χ0v) is 71.2. The van der Waals surface area contributed by atoms with E-state index in [-0.39, 0.29) is 85.0 Å². The number of carboxylic acids is 6. The summed E-state index contributed by atoms with van der Waals surface area (Å²) in [5.74, 6) is -6.14. The number of unbranched alkanes of at least 4 members (excludes halogenated alkanes) is 10. The van der Waals surface area contributed by atoms with Gasteiger partial charge in [0.05, 0.1) is 60.6 Å². The molecule has 121 heavy (non-hydrogen) atoms. The third kappa shape index (κ3) is 54.5. The number of aliphatic hydroxyl groups excluding tert-OH is 7. The molecule has 0 amide bonds. The summed E-state index contributed by atoms with van der Waals surface area (Å²) in [6.45, 7) is 0. The zero-order valence-electron chi connectivity index (χ0n) is 70.4. The van der Waals surface area contributed by atoms with Gasteiger partial charge in [-0.1, -0.05) is 148 Å². The summed E-state index contributed by atoms with van der Waals surface area (Å²) in [6.07, 6.45) is 28.7. The summed E-state index contributed by atoms with van der Waals surface area (Å²) >= 11 is 1.28. The van der Waals surface area contributed by atoms with Gasteiger partial charge in [0.1, 0.15) is 35.5 Å². The van der Waals surface area contributed by atoms with Crippen molar-refractivity contribution in [3.63, 3.8) is 0 Å². The maximum Gasteiger partial charge on any atom is 0.238 e. The maximum atomic E-state index is 13.7. The van der Waals surface area contributed by atoms with E-state index < -0.39 is 96.7 Å². The number of rotatable bonds is 54. The highest BCUT2D eigenvalue weighted by Gasteiger charge is 2.42. The third-order valence-electron chi connectivity index (χ3n) is 21.3. The molecular weight excluding hydrogens is 1580 g/mol. The lowest BCUT2D eigenvalue weighted by Crippen LogP contribution is -2.68. The molecule has 3 aromatic rings. The number of carbonyl (C=O) groups is 8. The Bertz CT molecular complexity index is 3480. The summed E-state index contributed by atoms with van der Waals surface area (Å²) < 4.78 is 13.7. The first-order chi connectivity index (χ1) is 57.4. The number of allylic oxidation sites excluding steroid dienone is 2. The van der Waals surface area contributed by atoms with Crippen molar-refractivity contribution in [3.05, 3.63) is 138 Å². The highest BCUT2D eigenvalue weighted by atomic mass is 32.2. The first-order valence-electron chi connectivity index (χ1n) is 42.5. The number of carboxylic acid groups (broad SMARTS) is 6. The molecular formula is C89H140FN9O21S. The number of carbonyl (C=O) groups excluding carboxylic acids is 8. The number of Topliss-reactive ketones (excluding diaryl/α,β-unsaturated/α-hetero) is 2. The van der Waals surface area contributed by atoms with E-state index in [1.54, 1.807) is 36.4 Å². The summed E-state index contributed by atoms with van der Waals surface area (Å²) in [7, 11) is 0. The number of aliphatic hydroxyl groups is 7. The van der Waals surface area contributed by atoms with Crippen LogP contribution in [0.25, 0.3) is 0 Å². The van der Waals surface area contributed by atoms with Crippen LogP contribution in [0.1, 0.15) is 236 Å². The fourth-order valence-corrected chi connectivity index (χ4v) is 15.1. The smallest absolute Gasteiger partial charge is 0.238 e. The van der Waals surface area contributed by atoms with E-state index in [1.807, 2.05) is 78.9 Å². The molecule has 16 atom stereocenters. The van der Waals surface area contributed by atoms with Gasteiger partial charge in [0.2, 0.25) is 17.5 Å². The lowest BCUT2D eigenvalue weighted by molar-refractivity contribution is -0.438. The Balaban J connectivity index is 0.000000758. The van der Waals surface area contributed by atoms with Crippen LogP contribution in [-0.2, 0) is 51.2 Å². The highest BCUT2D eigenvalue weighted by Crippen LogP contribution is 2.40. The Kier molecular flexibility index (Phi) is 60.2. The highest BCUT2D eigenvalue weighted by molar-refractivity contribution is 7.99. The molecule has 3 fully saturated rings. The molecule has 0 heterocycles. The van der Waals surface area contributed by atoms with Crippen LogP contribution in [0.4, 0.5) is 4.39 Å². The number of nitrogens with two attached hydrogens (primary N) is 6. The number of aryl methyl sites for hydroxylation is 2. The topological polar surface area (TPSA) is 654 Å². The molecule has 0 unspecified atom stereocenters. The Hall–Kier alpha value is -8.67. The maximum absolute atomic E-state index is 13.7. The largest absolute Gasteiger partial charge is 0.550 e. The van der Waals surface area contributed by atoms with Gasteiger partial charge in [-0.15, -0.1) is 11.8 Å². The van der Waals surface area contributed by atoms with Gasteiger partial charge in [0.15, 0.2) is 0 Å². The van der Waals surface area contributed by atoms with E-state index in [9.17, 15) is 109 Å². The molecule has 3 aliphatic rings. The van der Waals surface area contributed by atoms with Crippen molar-refractivity contribution in [1.82, 2.24) is 0 Å². The third-order valence-corrected chi connectivity index (χ3v) is 22.5. The number of amidine groups is 3. The van der Waals surface area contributed by atoms with Crippen LogP contribution in [0.2, 0.25) is 0 Å². The normalized spacial score (nSPS) is 20.6. The lowest BCUT2D eigenvalue weighted by atomic mass is 9.85. The standard InChI is InChI=1S/C23H32O5.C23H30O5.C22H33FO5S.3C7H15N3O2/c2*24-18(13-12-17-8-4-3-5-9-17)14-15-20-19(21(25)16-22(20)26)10-6-1-2-7-11-23(27)28;23-18-8-5-6-9-21(18)29-14-15(24)11-12-17-16(19(25)13-20(17)26)7-3-1-2-4-10-22(27)28;3*8-5(7(11)12)3-1-2-4-6(9)10/h3-5,8-9,14-15,18-20,22,24,26H,1-2,6-7,10-13,16H2,(H,27,28);1,3-6,8-9,14-15,18-20,22,24,26H,2,7,10-13,16H2,(H,27,28);5-6,8-9,15-17,19-20,24-26H,1-4,7,10-14H2,(H,27,28);3*5H,1-4,8H2,(H3,9,10)(H,11,12)/b15-14+;6-1-,15-14+;;;;/t2*18-,19+,20+,22+;15-,16-,17-,19+,20-;3*5-/m001000/s1. The molecule has 0 bridgehead atoms. The van der Waals surface area contributed by atoms with Crippen molar-refractivity contribution in [1.29, 1.82) is 0 Å². The minimum atomic E-state index is -1.10. The molecule has 6 rings (SSSR count). The zero-order chi connectivity index (χ0) is 90.6. The number of hydrogen-bond donors (Lipinski definition) is 16. The van der Waals surface area contributed by atoms with Crippen LogP contribution in [0.3, 0.4) is 0 Å². The minimum Gasteiger partial charge on any atom is -0.550 e. The number of benzene rings is 3. The molecule has 0 radical (unpaired) electrons. The SMILES string of the molecule is NC(=[NH2+])CCCC[C@H]([NH3+])C(=O)[O-].NC(=[NH2+])CCCC[C@H]([NH3+])C(=O)[O-].NC(=[NH2+])CCCC[C@H]([NH3+])C(=O)[O-].O=C([O-])CCC/C=C\C[C@H]1C(=O)C[C@@H](O)[C@@H]1/C=C/[C@@H](O)CCc1ccccc1.O=C([O-])CCCCCC[C@@H]1[C@@H](CC[C@@H](O)CSc2ccccc2F)[C@H](O)C[C@@H]1O.O=C([O-])CCCCCC[C@H]1C(=O)C[C@@H](O)[C@@H]1/C=C/[C@@H](O)CCc1ccccc1. The van der Waals surface area contributed by atoms with E-state index in [0.29, 0.717) is 137 Å². The van der Waals surface area contributed by atoms with Gasteiger partial charge >= 0.3 is 0 Å². The molecule has 3 saturated carbocycles. The van der Waals surface area contributed by atoms with Gasteiger partial charge in [-0.3, -0.25) is 43.0 Å². The first-order valence-corrected chi connectivity index (χ1v) is 43.5. The average Bonchev–Trinajstić information content (AvgIpc) is 1.70. The van der Waals surface area contributed by atoms with Crippen LogP contribution >= 0.6 is 11.8 Å². The molecule has 0 saturated heterocycles. The number of quaternary nitrogens is 3. The number of aliphatic carboxylic acids is 6. The van der Waals surface area contributed by atoms with E-state index in [1.165, 1.54) is 23.4 Å². The fourth-order valence-electron chi connectivity index (χ4n) is 14.2. The molecule has 3 aliphatic carbocycles. The predicted octanol–water partition coefficient (Wildman–Crippen LogP) is -5.26. The average molecular weight is 1720 g/mol. The molecule has 28 N–H and O–H groups in total. The van der Waals surface area contributed by atoms with Crippen LogP contribution in [0, 0.1) is 41.3 Å². The molecule has 0 aromatic heterocycles. The van der Waals surface area contributed by atoms with Crippen molar-refractivity contribution in [2.45, 2.75) is 303 Å². The van der Waals surface area contributed by atoms with Crippen molar-refractivity contribution >= 4 is 76.7 Å². The van der Waals surface area contributed by atoms with Crippen molar-refractivity contribution in [3.8, 4) is 0 Å². The molecule has 30 nitrogen and oxygen atoms in total. The number of thioether (sulfide) groups is 1. The molecule has 32 heteroatoms. The molecule has 0 spiro atoms. The van der Waals surface area contributed by atoms with Gasteiger partial charge in [0.25, 0.3) is 0 Å². The molecule has 0 aliphatic heterocycles. The monoisotopic (exact) mass is 1720 g/mol. The van der Waals surface area contributed by atoms with Gasteiger partial charge in [0, 0.05) is 104 Å². The second-order valence-corrected chi connectivity index (χ2v) is 32.7. The predicted molar refractivity (Wildman–Crippen MR) is 443 cm³/mol. The summed E-state index contributed by atoms with van der Waals surface area (Å²) in [5, 5.41) is 149. The van der Waals surface area contributed by atoms with Crippen molar-refractivity contribution in [2.75, 3.05) is 5.75 Å². The van der Waals surface area contributed by atoms with Crippen LogP contribution in [0.15, 0.2) is 126 Å². The Morgan fingerprint density at radius 2 is 0.826 bits per heavy atom. The number of halogens is 1. The van der Waals surface area contributed by atoms with Crippen molar-refractivity contribution < 1.29 is 143 Å². The Labute approximate surface area is 715 Å². The number of ketones is 2. The summed E-state index contributed by atoms with van der Waals surface area (Å²) in [5.41, 5.74) is 28.3. The minimum absolute atomic E-state index is 0.00226. The second-order valence-electron chi connectivity index (χ2n) is 31.6. The van der Waals surface area contributed by atoms with Gasteiger partial charge in [-0.05, 0) is 183 Å². The number of hydrogen-bond acceptors (Lipinski definition) is 22. The second kappa shape index (κ2) is 66.0. The van der Waals surface area contributed by atoms with Crippen LogP contribution < -0.4 is 81.3 Å². The quantitative estimate of drug-likeness (QED) is 0.00825. The Morgan fingerprint density at radius 1 is 0.455 bits per heavy atom. The van der Waals surface area contributed by atoms with Crippen molar-refractivity contribution in [2.24, 2.45) is 52.7 Å². The lowest BCUT2D eigenvalue weighted by Gasteiger charge is -2.24. The van der Waals surface area contributed by atoms with E-state index in [4.69, 9.17) is 33.4 Å². The van der Waals surface area contributed by atoms with Crippen LogP contribution in [0.5, 0.6) is 0 Å². The van der Waals surface area contributed by atoms with Gasteiger partial charge in [-0.2, -0.15) is 0 Å². The molecule has 3 aromatic carbocycles.